The molecular formula is C31H39ClF3N7O. The second-order valence-electron chi connectivity index (χ2n) is 12.7. The zero-order valence-electron chi connectivity index (χ0n) is 24.4. The van der Waals surface area contributed by atoms with E-state index in [1.165, 1.54) is 25.3 Å². The maximum atomic E-state index is 13.8. The Labute approximate surface area is 254 Å². The van der Waals surface area contributed by atoms with Gasteiger partial charge in [0, 0.05) is 35.3 Å². The van der Waals surface area contributed by atoms with E-state index in [9.17, 15) is 18.0 Å². The lowest BCUT2D eigenvalue weighted by atomic mass is 9.68. The van der Waals surface area contributed by atoms with Gasteiger partial charge in [-0.3, -0.25) is 9.36 Å². The molecule has 4 unspecified atom stereocenters. The molecular weight excluding hydrogens is 579 g/mol. The molecule has 6 rings (SSSR count). The number of aromatic nitrogens is 5. The zero-order valence-corrected chi connectivity index (χ0v) is 25.1. The summed E-state index contributed by atoms with van der Waals surface area (Å²) in [6, 6.07) is 6.72. The van der Waals surface area contributed by atoms with E-state index in [1.54, 1.807) is 24.5 Å². The van der Waals surface area contributed by atoms with Gasteiger partial charge in [-0.1, -0.05) is 43.0 Å². The fourth-order valence-electron chi connectivity index (χ4n) is 7.63. The third kappa shape index (κ3) is 6.68. The summed E-state index contributed by atoms with van der Waals surface area (Å²) in [7, 11) is 0. The van der Waals surface area contributed by atoms with Crippen LogP contribution in [0.15, 0.2) is 41.6 Å². The first-order valence-electron chi connectivity index (χ1n) is 15.5. The Kier molecular flexibility index (Phi) is 8.94. The molecule has 0 radical (unpaired) electrons. The van der Waals surface area contributed by atoms with Gasteiger partial charge in [0.15, 0.2) is 5.69 Å². The average Bonchev–Trinajstić information content (AvgIpc) is 3.50. The van der Waals surface area contributed by atoms with Crippen molar-refractivity contribution in [2.24, 2.45) is 23.7 Å². The summed E-state index contributed by atoms with van der Waals surface area (Å²) in [6.07, 6.45) is 6.66. The standard InChI is InChI=1S/C31H39ClF3N7O/c1-19-4-2-7-27(21-6-3-5-20(12-21)23-10-11-36-16-26(23)37-15-19)41-18-38-25(14-30(41)43)24-13-22(32)8-9-28(24)42-17-29(39-40-42)31(33,34)35/h8-9,13-14,17-21,23,26-27,36-37H,2-7,10-12,15-16H2,1H3/t19-,20?,21?,23?,26?,27+/m1/s1. The number of nitrogens with one attached hydrogen (secondary N) is 2. The molecule has 1 aliphatic carbocycles. The van der Waals surface area contributed by atoms with E-state index in [0.717, 1.165) is 62.6 Å². The van der Waals surface area contributed by atoms with Crippen molar-refractivity contribution in [3.8, 4) is 16.9 Å². The minimum atomic E-state index is -4.63. The van der Waals surface area contributed by atoms with Gasteiger partial charge in [-0.2, -0.15) is 13.2 Å². The van der Waals surface area contributed by atoms with Crippen molar-refractivity contribution in [2.75, 3.05) is 19.6 Å². The van der Waals surface area contributed by atoms with Crippen molar-refractivity contribution < 1.29 is 13.2 Å². The topological polar surface area (TPSA) is 89.7 Å². The summed E-state index contributed by atoms with van der Waals surface area (Å²) in [5.74, 6) is 2.23. The Hall–Kier alpha value is -2.76. The van der Waals surface area contributed by atoms with Gasteiger partial charge < -0.3 is 10.6 Å². The lowest BCUT2D eigenvalue weighted by Gasteiger charge is -2.44. The Morgan fingerprint density at radius 1 is 1.02 bits per heavy atom. The molecule has 3 aliphatic rings. The van der Waals surface area contributed by atoms with Crippen LogP contribution in [0.5, 0.6) is 0 Å². The number of hydrogen-bond acceptors (Lipinski definition) is 6. The van der Waals surface area contributed by atoms with Crippen molar-refractivity contribution >= 4 is 11.6 Å². The van der Waals surface area contributed by atoms with Gasteiger partial charge in [-0.25, -0.2) is 9.67 Å². The van der Waals surface area contributed by atoms with E-state index in [0.29, 0.717) is 51.7 Å². The van der Waals surface area contributed by atoms with Crippen LogP contribution in [0.1, 0.15) is 70.0 Å². The van der Waals surface area contributed by atoms with Gasteiger partial charge in [0.05, 0.1) is 23.9 Å². The van der Waals surface area contributed by atoms with Crippen LogP contribution in [-0.4, -0.2) is 50.2 Å². The van der Waals surface area contributed by atoms with Gasteiger partial charge in [0.2, 0.25) is 0 Å². The quantitative estimate of drug-likeness (QED) is 0.381. The maximum absolute atomic E-state index is 13.8. The summed E-state index contributed by atoms with van der Waals surface area (Å²) < 4.78 is 42.5. The van der Waals surface area contributed by atoms with Crippen molar-refractivity contribution in [3.63, 3.8) is 0 Å². The number of halogens is 4. The van der Waals surface area contributed by atoms with Gasteiger partial charge in [-0.05, 0) is 87.1 Å². The van der Waals surface area contributed by atoms with Crippen LogP contribution in [0.25, 0.3) is 16.9 Å². The van der Waals surface area contributed by atoms with Crippen LogP contribution < -0.4 is 16.2 Å². The summed E-state index contributed by atoms with van der Waals surface area (Å²) in [5.41, 5.74) is -0.234. The highest BCUT2D eigenvalue weighted by molar-refractivity contribution is 6.31. The highest BCUT2D eigenvalue weighted by Crippen LogP contribution is 2.43. The number of benzene rings is 1. The van der Waals surface area contributed by atoms with Crippen molar-refractivity contribution in [1.82, 2.24) is 35.2 Å². The van der Waals surface area contributed by atoms with E-state index >= 15 is 0 Å². The molecule has 0 amide bonds. The molecule has 6 atom stereocenters. The molecule has 1 saturated carbocycles. The second kappa shape index (κ2) is 12.7. The summed E-state index contributed by atoms with van der Waals surface area (Å²) in [5, 5.41) is 14.8. The number of rotatable bonds is 3. The number of nitrogens with zero attached hydrogens (tertiary/aromatic N) is 5. The van der Waals surface area contributed by atoms with Crippen molar-refractivity contribution in [2.45, 2.75) is 76.6 Å². The predicted molar refractivity (Wildman–Crippen MR) is 159 cm³/mol. The van der Waals surface area contributed by atoms with Crippen LogP contribution in [0.3, 0.4) is 0 Å². The molecule has 0 spiro atoms. The third-order valence-electron chi connectivity index (χ3n) is 9.82. The third-order valence-corrected chi connectivity index (χ3v) is 10.1. The SMILES string of the molecule is C[C@@H]1CCC[C@H](n2cnc(-c3cc(Cl)ccc3-n3cc(C(F)(F)F)nn3)cc2=O)C2CCCC(C2)C2CCNCC2NC1. The lowest BCUT2D eigenvalue weighted by molar-refractivity contribution is -0.141. The molecule has 2 aliphatic heterocycles. The van der Waals surface area contributed by atoms with E-state index in [-0.39, 0.29) is 11.6 Å². The van der Waals surface area contributed by atoms with Crippen LogP contribution in [0, 0.1) is 23.7 Å². The van der Waals surface area contributed by atoms with E-state index in [1.807, 2.05) is 4.57 Å². The molecule has 2 aromatic heterocycles. The van der Waals surface area contributed by atoms with E-state index in [4.69, 9.17) is 11.6 Å². The van der Waals surface area contributed by atoms with Crippen LogP contribution in [0.2, 0.25) is 5.02 Å². The number of piperidine rings is 1. The smallest absolute Gasteiger partial charge is 0.315 e. The van der Waals surface area contributed by atoms with E-state index in [2.05, 4.69) is 32.9 Å². The zero-order chi connectivity index (χ0) is 30.1. The number of alkyl halides is 3. The predicted octanol–water partition coefficient (Wildman–Crippen LogP) is 5.90. The van der Waals surface area contributed by atoms with Gasteiger partial charge in [-0.15, -0.1) is 5.10 Å². The second-order valence-corrected chi connectivity index (χ2v) is 13.1. The first kappa shape index (κ1) is 30.3. The molecule has 12 heteroatoms. The molecule has 8 nitrogen and oxygen atoms in total. The average molecular weight is 618 g/mol. The lowest BCUT2D eigenvalue weighted by Crippen LogP contribution is -2.53. The molecule has 2 bridgehead atoms. The number of hydrogen-bond donors (Lipinski definition) is 2. The molecule has 232 valence electrons. The van der Waals surface area contributed by atoms with Crippen molar-refractivity contribution in [1.29, 1.82) is 0 Å². The highest BCUT2D eigenvalue weighted by atomic mass is 35.5. The van der Waals surface area contributed by atoms with Crippen LogP contribution in [0.4, 0.5) is 13.2 Å². The fraction of sp³-hybridized carbons (Fsp3) is 0.613. The molecule has 2 saturated heterocycles. The van der Waals surface area contributed by atoms with Gasteiger partial charge in [0.25, 0.3) is 5.56 Å². The highest BCUT2D eigenvalue weighted by Gasteiger charge is 2.38. The normalized spacial score (nSPS) is 28.9. The molecule has 3 fully saturated rings. The van der Waals surface area contributed by atoms with Crippen LogP contribution >= 0.6 is 11.6 Å². The first-order chi connectivity index (χ1) is 20.7. The largest absolute Gasteiger partial charge is 0.436 e. The monoisotopic (exact) mass is 617 g/mol. The molecule has 4 heterocycles. The van der Waals surface area contributed by atoms with E-state index < -0.39 is 11.9 Å². The Morgan fingerprint density at radius 3 is 2.63 bits per heavy atom. The first-order valence-corrected chi connectivity index (χ1v) is 15.9. The Morgan fingerprint density at radius 2 is 1.84 bits per heavy atom. The van der Waals surface area contributed by atoms with Gasteiger partial charge >= 0.3 is 6.18 Å². The Bertz CT molecular complexity index is 1470. The molecule has 2 N–H and O–H groups in total. The Balaban J connectivity index is 1.32. The minimum absolute atomic E-state index is 0.0556. The maximum Gasteiger partial charge on any atom is 0.436 e. The fourth-order valence-corrected chi connectivity index (χ4v) is 7.81. The van der Waals surface area contributed by atoms with Crippen LogP contribution in [-0.2, 0) is 6.18 Å². The minimum Gasteiger partial charge on any atom is -0.315 e. The summed E-state index contributed by atoms with van der Waals surface area (Å²) in [4.78, 5) is 18.5. The van der Waals surface area contributed by atoms with Gasteiger partial charge in [0.1, 0.15) is 0 Å². The molecule has 1 aromatic carbocycles. The molecule has 3 aromatic rings. The summed E-state index contributed by atoms with van der Waals surface area (Å²) >= 11 is 6.29. The summed E-state index contributed by atoms with van der Waals surface area (Å²) in [6.45, 7) is 5.39. The van der Waals surface area contributed by atoms with Crippen molar-refractivity contribution in [3.05, 3.63) is 57.9 Å². The number of fused-ring (bicyclic) bond motifs is 4. The molecule has 43 heavy (non-hydrogen) atoms.